The van der Waals surface area contributed by atoms with E-state index in [4.69, 9.17) is 4.74 Å². The van der Waals surface area contributed by atoms with Gasteiger partial charge in [-0.3, -0.25) is 9.59 Å². The van der Waals surface area contributed by atoms with Crippen LogP contribution in [-0.4, -0.2) is 62.2 Å². The lowest BCUT2D eigenvalue weighted by Crippen LogP contribution is -2.50. The molecule has 1 N–H and O–H groups in total. The largest absolute Gasteiger partial charge is 0.497 e. The number of carbonyl (C=O) groups is 2. The highest BCUT2D eigenvalue weighted by Gasteiger charge is 2.30. The van der Waals surface area contributed by atoms with E-state index < -0.39 is 16.1 Å². The van der Waals surface area contributed by atoms with Crippen LogP contribution < -0.4 is 10.1 Å². The number of aryl methyl sites for hydroxylation is 1. The van der Waals surface area contributed by atoms with E-state index in [-0.39, 0.29) is 29.7 Å². The summed E-state index contributed by atoms with van der Waals surface area (Å²) in [6, 6.07) is 23.3. The Bertz CT molecular complexity index is 1390. The van der Waals surface area contributed by atoms with Crippen molar-refractivity contribution in [2.24, 2.45) is 0 Å². The summed E-state index contributed by atoms with van der Waals surface area (Å²) in [5.41, 5.74) is 2.71. The fourth-order valence-electron chi connectivity index (χ4n) is 5.07. The topological polar surface area (TPSA) is 96.0 Å². The first kappa shape index (κ1) is 30.3. The van der Waals surface area contributed by atoms with Crippen LogP contribution in [0.4, 0.5) is 0 Å². The predicted molar refractivity (Wildman–Crippen MR) is 159 cm³/mol. The zero-order valence-electron chi connectivity index (χ0n) is 23.8. The van der Waals surface area contributed by atoms with E-state index in [1.54, 1.807) is 36.3 Å². The molecule has 1 fully saturated rings. The number of carbonyl (C=O) groups excluding carboxylic acids is 2. The summed E-state index contributed by atoms with van der Waals surface area (Å²) >= 11 is 0. The lowest BCUT2D eigenvalue weighted by Gasteiger charge is -2.31. The van der Waals surface area contributed by atoms with Crippen molar-refractivity contribution in [3.63, 3.8) is 0 Å². The maximum absolute atomic E-state index is 13.8. The average Bonchev–Trinajstić information content (AvgIpc) is 3.55. The standard InChI is InChI=1S/C32H39N3O5S/c1-3-33-32(37)30(23-26-9-5-4-6-10-26)35(24-27-11-16-28(40-2)17-12-27)31(36)20-15-25-13-18-29(19-14-25)41(38,39)34-21-7-8-22-34/h4-6,9-14,16-19,30H,3,7-8,15,20-24H2,1-2H3,(H,33,37)/t30-/m1/s1. The molecule has 9 heteroatoms. The van der Waals surface area contributed by atoms with Crippen LogP contribution in [0, 0.1) is 0 Å². The molecule has 1 heterocycles. The molecule has 0 unspecified atom stereocenters. The summed E-state index contributed by atoms with van der Waals surface area (Å²) in [4.78, 5) is 29.0. The van der Waals surface area contributed by atoms with Crippen LogP contribution in [0.25, 0.3) is 0 Å². The average molecular weight is 578 g/mol. The van der Waals surface area contributed by atoms with Crippen LogP contribution in [0.2, 0.25) is 0 Å². The number of amides is 2. The SMILES string of the molecule is CCNC(=O)[C@@H](Cc1ccccc1)N(Cc1ccc(OC)cc1)C(=O)CCc1ccc(S(=O)(=O)N2CCCC2)cc1. The fraction of sp³-hybridized carbons (Fsp3) is 0.375. The number of rotatable bonds is 13. The molecule has 1 aliphatic heterocycles. The zero-order valence-corrected chi connectivity index (χ0v) is 24.6. The maximum atomic E-state index is 13.8. The van der Waals surface area contributed by atoms with Crippen LogP contribution in [0.15, 0.2) is 83.8 Å². The molecule has 0 bridgehead atoms. The van der Waals surface area contributed by atoms with Gasteiger partial charge < -0.3 is 15.0 Å². The van der Waals surface area contributed by atoms with Gasteiger partial charge in [-0.05, 0) is 67.1 Å². The minimum absolute atomic E-state index is 0.151. The van der Waals surface area contributed by atoms with Gasteiger partial charge in [-0.25, -0.2) is 8.42 Å². The smallest absolute Gasteiger partial charge is 0.243 e. The normalized spacial score (nSPS) is 14.4. The summed E-state index contributed by atoms with van der Waals surface area (Å²) in [6.45, 7) is 3.70. The van der Waals surface area contributed by atoms with Crippen LogP contribution in [0.1, 0.15) is 42.9 Å². The number of likely N-dealkylation sites (N-methyl/N-ethyl adjacent to an activating group) is 1. The minimum atomic E-state index is -3.49. The monoisotopic (exact) mass is 577 g/mol. The highest BCUT2D eigenvalue weighted by molar-refractivity contribution is 7.89. The second-order valence-corrected chi connectivity index (χ2v) is 12.2. The van der Waals surface area contributed by atoms with E-state index in [0.717, 1.165) is 29.5 Å². The van der Waals surface area contributed by atoms with Crippen molar-refractivity contribution >= 4 is 21.8 Å². The van der Waals surface area contributed by atoms with E-state index >= 15 is 0 Å². The summed E-state index contributed by atoms with van der Waals surface area (Å²) in [5.74, 6) is 0.364. The predicted octanol–water partition coefficient (Wildman–Crippen LogP) is 4.19. The van der Waals surface area contributed by atoms with E-state index in [9.17, 15) is 18.0 Å². The molecule has 1 aliphatic rings. The number of nitrogens with zero attached hydrogens (tertiary/aromatic N) is 2. The van der Waals surface area contributed by atoms with Crippen LogP contribution in [0.5, 0.6) is 5.75 Å². The van der Waals surface area contributed by atoms with Gasteiger partial charge in [0.15, 0.2) is 0 Å². The van der Waals surface area contributed by atoms with E-state index in [1.807, 2.05) is 61.5 Å². The molecule has 0 radical (unpaired) electrons. The first-order chi connectivity index (χ1) is 19.8. The highest BCUT2D eigenvalue weighted by atomic mass is 32.2. The Labute approximate surface area is 243 Å². The summed E-state index contributed by atoms with van der Waals surface area (Å²) in [6.07, 6.45) is 2.76. The number of sulfonamides is 1. The van der Waals surface area contributed by atoms with Crippen LogP contribution >= 0.6 is 0 Å². The van der Waals surface area contributed by atoms with Crippen molar-refractivity contribution in [2.75, 3.05) is 26.7 Å². The van der Waals surface area contributed by atoms with Crippen molar-refractivity contribution in [1.29, 1.82) is 0 Å². The third kappa shape index (κ3) is 7.95. The Kier molecular flexibility index (Phi) is 10.5. The molecule has 3 aromatic carbocycles. The lowest BCUT2D eigenvalue weighted by atomic mass is 10.0. The van der Waals surface area contributed by atoms with Crippen molar-refractivity contribution < 1.29 is 22.7 Å². The highest BCUT2D eigenvalue weighted by Crippen LogP contribution is 2.22. The minimum Gasteiger partial charge on any atom is -0.497 e. The third-order valence-corrected chi connectivity index (χ3v) is 9.30. The van der Waals surface area contributed by atoms with E-state index in [1.165, 1.54) is 4.31 Å². The first-order valence-corrected chi connectivity index (χ1v) is 15.6. The molecule has 3 aromatic rings. The second kappa shape index (κ2) is 14.3. The molecule has 1 saturated heterocycles. The Hall–Kier alpha value is -3.69. The fourth-order valence-corrected chi connectivity index (χ4v) is 6.59. The van der Waals surface area contributed by atoms with Crippen LogP contribution in [0.3, 0.4) is 0 Å². The van der Waals surface area contributed by atoms with Gasteiger partial charge in [0.05, 0.1) is 12.0 Å². The molecule has 2 amide bonds. The second-order valence-electron chi connectivity index (χ2n) is 10.2. The molecule has 41 heavy (non-hydrogen) atoms. The molecule has 8 nitrogen and oxygen atoms in total. The Morgan fingerprint density at radius 2 is 1.54 bits per heavy atom. The lowest BCUT2D eigenvalue weighted by molar-refractivity contribution is -0.141. The summed E-state index contributed by atoms with van der Waals surface area (Å²) in [7, 11) is -1.89. The van der Waals surface area contributed by atoms with Gasteiger partial charge in [0.25, 0.3) is 0 Å². The number of hydrogen-bond donors (Lipinski definition) is 1. The van der Waals surface area contributed by atoms with Crippen molar-refractivity contribution in [1.82, 2.24) is 14.5 Å². The molecule has 4 rings (SSSR count). The van der Waals surface area contributed by atoms with Crippen LogP contribution in [-0.2, 0) is 39.0 Å². The summed E-state index contributed by atoms with van der Waals surface area (Å²) < 4.78 is 32.6. The van der Waals surface area contributed by atoms with Gasteiger partial charge in [-0.15, -0.1) is 0 Å². The van der Waals surface area contributed by atoms with Gasteiger partial charge in [0.2, 0.25) is 21.8 Å². The Balaban J connectivity index is 1.54. The molecule has 218 valence electrons. The molecule has 1 atom stereocenters. The molecular formula is C32H39N3O5S. The number of methoxy groups -OCH3 is 1. The van der Waals surface area contributed by atoms with Crippen molar-refractivity contribution in [2.45, 2.75) is 56.5 Å². The number of benzene rings is 3. The molecule has 0 saturated carbocycles. The quantitative estimate of drug-likeness (QED) is 0.329. The van der Waals surface area contributed by atoms with E-state index in [2.05, 4.69) is 5.32 Å². The maximum Gasteiger partial charge on any atom is 0.243 e. The van der Waals surface area contributed by atoms with Crippen molar-refractivity contribution in [3.8, 4) is 5.75 Å². The number of nitrogens with one attached hydrogen (secondary N) is 1. The summed E-state index contributed by atoms with van der Waals surface area (Å²) in [5, 5.41) is 2.91. The molecular weight excluding hydrogens is 538 g/mol. The van der Waals surface area contributed by atoms with Gasteiger partial charge >= 0.3 is 0 Å². The van der Waals surface area contributed by atoms with E-state index in [0.29, 0.717) is 38.2 Å². The molecule has 0 spiro atoms. The van der Waals surface area contributed by atoms with Gasteiger partial charge in [0, 0.05) is 39.0 Å². The zero-order chi connectivity index (χ0) is 29.2. The Morgan fingerprint density at radius 1 is 0.902 bits per heavy atom. The Morgan fingerprint density at radius 3 is 2.15 bits per heavy atom. The van der Waals surface area contributed by atoms with Gasteiger partial charge in [0.1, 0.15) is 11.8 Å². The first-order valence-electron chi connectivity index (χ1n) is 14.1. The van der Waals surface area contributed by atoms with Gasteiger partial charge in [-0.1, -0.05) is 54.6 Å². The van der Waals surface area contributed by atoms with Crippen molar-refractivity contribution in [3.05, 3.63) is 95.6 Å². The molecule has 0 aliphatic carbocycles. The van der Waals surface area contributed by atoms with Gasteiger partial charge in [-0.2, -0.15) is 4.31 Å². The number of ether oxygens (including phenoxy) is 1. The third-order valence-electron chi connectivity index (χ3n) is 7.39. The molecule has 0 aromatic heterocycles. The number of hydrogen-bond acceptors (Lipinski definition) is 5.